The molecule has 22 heavy (non-hydrogen) atoms. The fourth-order valence-electron chi connectivity index (χ4n) is 2.72. The van der Waals surface area contributed by atoms with Gasteiger partial charge in [0.2, 0.25) is 5.91 Å². The number of hydrogen-bond donors (Lipinski definition) is 1. The number of carbonyl (C=O) groups is 2. The number of hydrogen-bond acceptors (Lipinski definition) is 3. The summed E-state index contributed by atoms with van der Waals surface area (Å²) in [6.07, 6.45) is 3.31. The number of carbonyl (C=O) groups excluding carboxylic acids is 2. The smallest absolute Gasteiger partial charge is 0.320 e. The lowest BCUT2D eigenvalue weighted by atomic mass is 9.97. The molecular weight excluding hydrogens is 280 g/mol. The van der Waals surface area contributed by atoms with E-state index in [9.17, 15) is 9.59 Å². The lowest BCUT2D eigenvalue weighted by Gasteiger charge is -2.35. The van der Waals surface area contributed by atoms with Crippen molar-refractivity contribution in [3.8, 4) is 0 Å². The standard InChI is InChI=1S/C16H24N4O2/c1-3-19(4-2)16(22)20-11-7-8-13(12-20)15(21)18-14-9-5-6-10-17-14/h5-6,9-10,13H,3-4,7-8,11-12H2,1-2H3,(H,17,18,21). The second kappa shape index (κ2) is 7.77. The molecule has 1 fully saturated rings. The molecule has 0 radical (unpaired) electrons. The number of aromatic nitrogens is 1. The molecule has 1 aliphatic rings. The van der Waals surface area contributed by atoms with E-state index in [1.807, 2.05) is 19.9 Å². The summed E-state index contributed by atoms with van der Waals surface area (Å²) in [5, 5.41) is 2.83. The molecule has 120 valence electrons. The van der Waals surface area contributed by atoms with Gasteiger partial charge in [-0.1, -0.05) is 6.07 Å². The summed E-state index contributed by atoms with van der Waals surface area (Å²) < 4.78 is 0. The Morgan fingerprint density at radius 1 is 1.36 bits per heavy atom. The minimum absolute atomic E-state index is 0.0281. The molecule has 1 aromatic rings. The molecule has 0 aliphatic carbocycles. The van der Waals surface area contributed by atoms with E-state index in [-0.39, 0.29) is 17.9 Å². The molecule has 6 heteroatoms. The number of amides is 3. The van der Waals surface area contributed by atoms with E-state index >= 15 is 0 Å². The summed E-state index contributed by atoms with van der Waals surface area (Å²) in [6, 6.07) is 5.43. The van der Waals surface area contributed by atoms with Crippen LogP contribution < -0.4 is 5.32 Å². The van der Waals surface area contributed by atoms with Crippen LogP contribution in [0.15, 0.2) is 24.4 Å². The Kier molecular flexibility index (Phi) is 5.75. The largest absolute Gasteiger partial charge is 0.325 e. The van der Waals surface area contributed by atoms with Gasteiger partial charge < -0.3 is 15.1 Å². The zero-order valence-corrected chi connectivity index (χ0v) is 13.3. The zero-order chi connectivity index (χ0) is 15.9. The normalized spacial score (nSPS) is 17.9. The van der Waals surface area contributed by atoms with E-state index in [0.29, 0.717) is 25.5 Å². The van der Waals surface area contributed by atoms with Gasteiger partial charge >= 0.3 is 6.03 Å². The highest BCUT2D eigenvalue weighted by Gasteiger charge is 2.30. The van der Waals surface area contributed by atoms with Crippen molar-refractivity contribution in [3.05, 3.63) is 24.4 Å². The molecule has 1 unspecified atom stereocenters. The summed E-state index contributed by atoms with van der Waals surface area (Å²) >= 11 is 0. The predicted octanol–water partition coefficient (Wildman–Crippen LogP) is 2.19. The van der Waals surface area contributed by atoms with Crippen molar-refractivity contribution in [1.29, 1.82) is 0 Å². The van der Waals surface area contributed by atoms with E-state index in [0.717, 1.165) is 19.4 Å². The van der Waals surface area contributed by atoms with Gasteiger partial charge in [-0.2, -0.15) is 0 Å². The average Bonchev–Trinajstić information content (AvgIpc) is 2.57. The third kappa shape index (κ3) is 3.96. The van der Waals surface area contributed by atoms with Crippen molar-refractivity contribution < 1.29 is 9.59 Å². The predicted molar refractivity (Wildman–Crippen MR) is 85.5 cm³/mol. The molecule has 1 N–H and O–H groups in total. The van der Waals surface area contributed by atoms with Crippen LogP contribution in [0.3, 0.4) is 0 Å². The van der Waals surface area contributed by atoms with Crippen LogP contribution in [0, 0.1) is 5.92 Å². The Morgan fingerprint density at radius 2 is 2.14 bits per heavy atom. The van der Waals surface area contributed by atoms with E-state index in [2.05, 4.69) is 10.3 Å². The SMILES string of the molecule is CCN(CC)C(=O)N1CCCC(C(=O)Nc2ccccn2)C1. The van der Waals surface area contributed by atoms with Crippen LogP contribution in [0.4, 0.5) is 10.6 Å². The first-order chi connectivity index (χ1) is 10.7. The summed E-state index contributed by atoms with van der Waals surface area (Å²) in [6.45, 7) is 6.52. The number of likely N-dealkylation sites (tertiary alicyclic amines) is 1. The molecule has 1 aliphatic heterocycles. The molecule has 0 bridgehead atoms. The van der Waals surface area contributed by atoms with Crippen LogP contribution in [0.2, 0.25) is 0 Å². The summed E-state index contributed by atoms with van der Waals surface area (Å²) in [7, 11) is 0. The summed E-state index contributed by atoms with van der Waals surface area (Å²) in [5.41, 5.74) is 0. The van der Waals surface area contributed by atoms with Gasteiger partial charge in [0.1, 0.15) is 5.82 Å². The lowest BCUT2D eigenvalue weighted by molar-refractivity contribution is -0.121. The van der Waals surface area contributed by atoms with E-state index < -0.39 is 0 Å². The zero-order valence-electron chi connectivity index (χ0n) is 13.3. The van der Waals surface area contributed by atoms with Crippen LogP contribution in [0.25, 0.3) is 0 Å². The van der Waals surface area contributed by atoms with Gasteiger partial charge in [0, 0.05) is 32.4 Å². The highest BCUT2D eigenvalue weighted by atomic mass is 16.2. The van der Waals surface area contributed by atoms with Crippen LogP contribution in [-0.4, -0.2) is 52.9 Å². The second-order valence-corrected chi connectivity index (χ2v) is 5.44. The summed E-state index contributed by atoms with van der Waals surface area (Å²) in [5.74, 6) is 0.325. The van der Waals surface area contributed by atoms with Crippen molar-refractivity contribution in [2.45, 2.75) is 26.7 Å². The Morgan fingerprint density at radius 3 is 2.77 bits per heavy atom. The monoisotopic (exact) mass is 304 g/mol. The fraction of sp³-hybridized carbons (Fsp3) is 0.562. The molecule has 2 rings (SSSR count). The molecule has 0 aromatic carbocycles. The number of urea groups is 1. The number of rotatable bonds is 4. The number of piperidine rings is 1. The van der Waals surface area contributed by atoms with Crippen LogP contribution >= 0.6 is 0 Å². The maximum absolute atomic E-state index is 12.4. The number of pyridine rings is 1. The lowest BCUT2D eigenvalue weighted by Crippen LogP contribution is -2.49. The molecule has 6 nitrogen and oxygen atoms in total. The van der Waals surface area contributed by atoms with Crippen molar-refractivity contribution in [1.82, 2.24) is 14.8 Å². The number of nitrogens with zero attached hydrogens (tertiary/aromatic N) is 3. The molecule has 1 saturated heterocycles. The van der Waals surface area contributed by atoms with Gasteiger partial charge in [0.05, 0.1) is 5.92 Å². The number of nitrogens with one attached hydrogen (secondary N) is 1. The van der Waals surface area contributed by atoms with Crippen molar-refractivity contribution >= 4 is 17.8 Å². The number of anilines is 1. The highest BCUT2D eigenvalue weighted by molar-refractivity contribution is 5.92. The van der Waals surface area contributed by atoms with Crippen LogP contribution in [-0.2, 0) is 4.79 Å². The van der Waals surface area contributed by atoms with E-state index in [1.165, 1.54) is 0 Å². The van der Waals surface area contributed by atoms with Crippen molar-refractivity contribution in [3.63, 3.8) is 0 Å². The van der Waals surface area contributed by atoms with Gasteiger partial charge in [-0.3, -0.25) is 4.79 Å². The van der Waals surface area contributed by atoms with Crippen molar-refractivity contribution in [2.75, 3.05) is 31.5 Å². The highest BCUT2D eigenvalue weighted by Crippen LogP contribution is 2.19. The average molecular weight is 304 g/mol. The molecule has 0 saturated carbocycles. The Balaban J connectivity index is 1.95. The molecule has 1 aromatic heterocycles. The topological polar surface area (TPSA) is 65.5 Å². The molecule has 0 spiro atoms. The third-order valence-electron chi connectivity index (χ3n) is 4.01. The Labute approximate surface area is 131 Å². The molecular formula is C16H24N4O2. The maximum atomic E-state index is 12.4. The van der Waals surface area contributed by atoms with Gasteiger partial charge in [-0.25, -0.2) is 9.78 Å². The van der Waals surface area contributed by atoms with Gasteiger partial charge in [0.15, 0.2) is 0 Å². The third-order valence-corrected chi connectivity index (χ3v) is 4.01. The van der Waals surface area contributed by atoms with Crippen LogP contribution in [0.1, 0.15) is 26.7 Å². The van der Waals surface area contributed by atoms with E-state index in [1.54, 1.807) is 28.1 Å². The minimum Gasteiger partial charge on any atom is -0.325 e. The first kappa shape index (κ1) is 16.3. The summed E-state index contributed by atoms with van der Waals surface area (Å²) in [4.78, 5) is 32.4. The molecule has 3 amide bonds. The Hall–Kier alpha value is -2.11. The maximum Gasteiger partial charge on any atom is 0.320 e. The first-order valence-corrected chi connectivity index (χ1v) is 7.91. The Bertz CT molecular complexity index is 502. The van der Waals surface area contributed by atoms with Crippen molar-refractivity contribution in [2.24, 2.45) is 5.92 Å². The first-order valence-electron chi connectivity index (χ1n) is 7.91. The molecule has 1 atom stereocenters. The van der Waals surface area contributed by atoms with Crippen LogP contribution in [0.5, 0.6) is 0 Å². The fourth-order valence-corrected chi connectivity index (χ4v) is 2.72. The van der Waals surface area contributed by atoms with E-state index in [4.69, 9.17) is 0 Å². The second-order valence-electron chi connectivity index (χ2n) is 5.44. The minimum atomic E-state index is -0.171. The quantitative estimate of drug-likeness (QED) is 0.927. The van der Waals surface area contributed by atoms with Gasteiger partial charge in [-0.05, 0) is 38.8 Å². The van der Waals surface area contributed by atoms with Gasteiger partial charge in [-0.15, -0.1) is 0 Å². The molecule has 2 heterocycles. The van der Waals surface area contributed by atoms with Gasteiger partial charge in [0.25, 0.3) is 0 Å².